The summed E-state index contributed by atoms with van der Waals surface area (Å²) < 4.78 is 7.85. The highest BCUT2D eigenvalue weighted by atomic mass is 16.5. The first kappa shape index (κ1) is 22.6. The minimum atomic E-state index is -0.117. The number of likely N-dealkylation sites (tertiary alicyclic amines) is 1. The first-order valence-electron chi connectivity index (χ1n) is 11.6. The lowest BCUT2D eigenvalue weighted by molar-refractivity contribution is 0.0101. The molecule has 2 aromatic rings. The number of carbonyl (C=O) groups excluding carboxylic acids is 1. The van der Waals surface area contributed by atoms with E-state index in [1.54, 1.807) is 0 Å². The highest BCUT2D eigenvalue weighted by Gasteiger charge is 2.34. The molecule has 172 valence electrons. The Balaban J connectivity index is 1.46. The number of ether oxygens (including phenoxy) is 1. The van der Waals surface area contributed by atoms with E-state index in [-0.39, 0.29) is 18.1 Å². The molecule has 3 heterocycles. The monoisotopic (exact) mass is 437 g/mol. The van der Waals surface area contributed by atoms with E-state index in [1.165, 1.54) is 5.56 Å². The van der Waals surface area contributed by atoms with E-state index < -0.39 is 0 Å². The summed E-state index contributed by atoms with van der Waals surface area (Å²) in [7, 11) is 0. The van der Waals surface area contributed by atoms with Crippen molar-refractivity contribution in [1.82, 2.24) is 24.9 Å². The Bertz CT molecular complexity index is 918. The summed E-state index contributed by atoms with van der Waals surface area (Å²) in [5, 5.41) is 8.09. The van der Waals surface area contributed by atoms with Crippen LogP contribution >= 0.6 is 0 Å². The molecule has 1 aromatic heterocycles. The molecule has 1 atom stereocenters. The fourth-order valence-electron chi connectivity index (χ4n) is 4.89. The van der Waals surface area contributed by atoms with Gasteiger partial charge in [-0.15, -0.1) is 6.58 Å². The molecular weight excluding hydrogens is 402 g/mol. The zero-order chi connectivity index (χ0) is 22.5. The summed E-state index contributed by atoms with van der Waals surface area (Å²) in [5.41, 5.74) is 4.38. The highest BCUT2D eigenvalue weighted by Crippen LogP contribution is 2.30. The topological polar surface area (TPSA) is 62.6 Å². The Morgan fingerprint density at radius 2 is 1.97 bits per heavy atom. The van der Waals surface area contributed by atoms with Gasteiger partial charge in [-0.25, -0.2) is 4.79 Å². The van der Waals surface area contributed by atoms with Crippen LogP contribution in [0.5, 0.6) is 0 Å². The van der Waals surface area contributed by atoms with Crippen molar-refractivity contribution < 1.29 is 9.53 Å². The van der Waals surface area contributed by atoms with Crippen molar-refractivity contribution in [3.63, 3.8) is 0 Å². The third kappa shape index (κ3) is 5.05. The molecule has 1 unspecified atom stereocenters. The van der Waals surface area contributed by atoms with E-state index in [9.17, 15) is 4.79 Å². The smallest absolute Gasteiger partial charge is 0.318 e. The van der Waals surface area contributed by atoms with E-state index >= 15 is 0 Å². The Morgan fingerprint density at radius 1 is 1.22 bits per heavy atom. The van der Waals surface area contributed by atoms with Crippen LogP contribution in [-0.2, 0) is 11.3 Å². The summed E-state index contributed by atoms with van der Waals surface area (Å²) in [6.45, 7) is 13.2. The van der Waals surface area contributed by atoms with Crippen LogP contribution < -0.4 is 5.32 Å². The van der Waals surface area contributed by atoms with Crippen molar-refractivity contribution in [2.24, 2.45) is 0 Å². The van der Waals surface area contributed by atoms with Gasteiger partial charge in [0, 0.05) is 43.5 Å². The number of benzene rings is 1. The lowest BCUT2D eigenvalue weighted by Gasteiger charge is -2.38. The minimum absolute atomic E-state index is 0.00933. The van der Waals surface area contributed by atoms with Gasteiger partial charge in [0.2, 0.25) is 0 Å². The molecule has 2 aliphatic heterocycles. The number of urea groups is 1. The molecule has 2 fully saturated rings. The van der Waals surface area contributed by atoms with Gasteiger partial charge in [0.25, 0.3) is 0 Å². The van der Waals surface area contributed by atoms with Gasteiger partial charge in [-0.1, -0.05) is 36.4 Å². The fourth-order valence-corrected chi connectivity index (χ4v) is 4.89. The quantitative estimate of drug-likeness (QED) is 0.705. The summed E-state index contributed by atoms with van der Waals surface area (Å²) in [6.07, 6.45) is 3.89. The minimum Gasteiger partial charge on any atom is -0.377 e. The number of aromatic nitrogens is 2. The summed E-state index contributed by atoms with van der Waals surface area (Å²) in [5.74, 6) is 0. The predicted octanol–water partition coefficient (Wildman–Crippen LogP) is 3.28. The van der Waals surface area contributed by atoms with Gasteiger partial charge in [0.15, 0.2) is 0 Å². The molecule has 1 N–H and O–H groups in total. The Hall–Kier alpha value is -2.64. The van der Waals surface area contributed by atoms with E-state index in [2.05, 4.69) is 35.9 Å². The van der Waals surface area contributed by atoms with Crippen molar-refractivity contribution in [2.45, 2.75) is 45.3 Å². The lowest BCUT2D eigenvalue weighted by Crippen LogP contribution is -2.53. The van der Waals surface area contributed by atoms with Crippen molar-refractivity contribution in [3.8, 4) is 0 Å². The van der Waals surface area contributed by atoms with Gasteiger partial charge in [-0.2, -0.15) is 5.10 Å². The van der Waals surface area contributed by atoms with Gasteiger partial charge >= 0.3 is 6.03 Å². The van der Waals surface area contributed by atoms with E-state index in [0.717, 1.165) is 56.0 Å². The normalized spacial score (nSPS) is 20.3. The van der Waals surface area contributed by atoms with Gasteiger partial charge in [-0.05, 0) is 32.3 Å². The molecule has 0 aliphatic carbocycles. The molecule has 0 radical (unpaired) electrons. The van der Waals surface area contributed by atoms with Crippen molar-refractivity contribution >= 4 is 6.03 Å². The van der Waals surface area contributed by atoms with Gasteiger partial charge in [0.05, 0.1) is 31.5 Å². The van der Waals surface area contributed by atoms with E-state index in [0.29, 0.717) is 19.8 Å². The molecule has 0 saturated carbocycles. The van der Waals surface area contributed by atoms with Crippen LogP contribution in [0.15, 0.2) is 43.0 Å². The molecular formula is C25H35N5O2. The van der Waals surface area contributed by atoms with Gasteiger partial charge in [-0.3, -0.25) is 9.58 Å². The van der Waals surface area contributed by atoms with Crippen LogP contribution in [0.4, 0.5) is 4.79 Å². The average Bonchev–Trinajstić information content (AvgIpc) is 3.08. The molecule has 2 aliphatic rings. The van der Waals surface area contributed by atoms with Crippen LogP contribution in [-0.4, -0.2) is 71.0 Å². The van der Waals surface area contributed by atoms with Crippen LogP contribution in [0.2, 0.25) is 0 Å². The Labute approximate surface area is 191 Å². The lowest BCUT2D eigenvalue weighted by atomic mass is 10.0. The van der Waals surface area contributed by atoms with E-state index in [1.807, 2.05) is 40.8 Å². The SMILES string of the molecule is C=CCN1CCC(NC(=O)N2CCOCC2c2c(C)nn(Cc3ccccc3)c2C)CC1. The maximum atomic E-state index is 13.3. The number of morpholine rings is 1. The maximum absolute atomic E-state index is 13.3. The third-order valence-electron chi connectivity index (χ3n) is 6.64. The predicted molar refractivity (Wildman–Crippen MR) is 126 cm³/mol. The van der Waals surface area contributed by atoms with Gasteiger partial charge < -0.3 is 15.0 Å². The van der Waals surface area contributed by atoms with Crippen LogP contribution in [0.3, 0.4) is 0 Å². The number of amides is 2. The molecule has 32 heavy (non-hydrogen) atoms. The third-order valence-corrected chi connectivity index (χ3v) is 6.64. The molecule has 2 amide bonds. The molecule has 0 bridgehead atoms. The molecule has 1 aromatic carbocycles. The molecule has 7 nitrogen and oxygen atoms in total. The first-order chi connectivity index (χ1) is 15.6. The number of hydrogen-bond donors (Lipinski definition) is 1. The fraction of sp³-hybridized carbons (Fsp3) is 0.520. The standard InChI is InChI=1S/C25H35N5O2/c1-4-12-28-13-10-22(11-14-28)26-25(31)29-15-16-32-18-23(29)24-19(2)27-30(20(24)3)17-21-8-6-5-7-9-21/h4-9,22-23H,1,10-18H2,2-3H3,(H,26,31). The second-order valence-corrected chi connectivity index (χ2v) is 8.82. The number of nitrogens with one attached hydrogen (secondary N) is 1. The van der Waals surface area contributed by atoms with E-state index in [4.69, 9.17) is 9.84 Å². The zero-order valence-corrected chi connectivity index (χ0v) is 19.3. The van der Waals surface area contributed by atoms with Crippen molar-refractivity contribution in [2.75, 3.05) is 39.4 Å². The Morgan fingerprint density at radius 3 is 2.69 bits per heavy atom. The second kappa shape index (κ2) is 10.3. The first-order valence-corrected chi connectivity index (χ1v) is 11.6. The van der Waals surface area contributed by atoms with Crippen LogP contribution in [0.25, 0.3) is 0 Å². The molecule has 2 saturated heterocycles. The molecule has 7 heteroatoms. The summed E-state index contributed by atoms with van der Waals surface area (Å²) >= 11 is 0. The van der Waals surface area contributed by atoms with Gasteiger partial charge in [0.1, 0.15) is 0 Å². The largest absolute Gasteiger partial charge is 0.377 e. The second-order valence-electron chi connectivity index (χ2n) is 8.82. The number of rotatable bonds is 6. The van der Waals surface area contributed by atoms with Crippen LogP contribution in [0, 0.1) is 13.8 Å². The number of hydrogen-bond acceptors (Lipinski definition) is 4. The Kier molecular flexibility index (Phi) is 7.27. The van der Waals surface area contributed by atoms with Crippen LogP contribution in [0.1, 0.15) is 41.4 Å². The zero-order valence-electron chi connectivity index (χ0n) is 19.3. The summed E-state index contributed by atoms with van der Waals surface area (Å²) in [6, 6.07) is 10.4. The average molecular weight is 438 g/mol. The van der Waals surface area contributed by atoms with Crippen molar-refractivity contribution in [3.05, 3.63) is 65.5 Å². The number of aryl methyl sites for hydroxylation is 1. The number of carbonyl (C=O) groups is 1. The van der Waals surface area contributed by atoms with Crippen molar-refractivity contribution in [1.29, 1.82) is 0 Å². The highest BCUT2D eigenvalue weighted by molar-refractivity contribution is 5.75. The number of nitrogens with zero attached hydrogens (tertiary/aromatic N) is 4. The molecule has 0 spiro atoms. The number of piperidine rings is 1. The summed E-state index contributed by atoms with van der Waals surface area (Å²) in [4.78, 5) is 17.6. The molecule has 4 rings (SSSR count). The maximum Gasteiger partial charge on any atom is 0.318 e.